The molecule has 0 fully saturated rings. The van der Waals surface area contributed by atoms with Gasteiger partial charge in [0.15, 0.2) is 0 Å². The second-order valence-electron chi connectivity index (χ2n) is 13.4. The van der Waals surface area contributed by atoms with Gasteiger partial charge in [0.25, 0.3) is 0 Å². The zero-order chi connectivity index (χ0) is 34.9. The molecule has 0 spiro atoms. The SMILES string of the molecule is C=N/C(=C\C(=N/Cc1ccc(-c2ccc(-c3cccc4ccccc34)cc2)c2c1-c1cc3ccccc3cc1C2)c1ccccc1)c1ccccc1. The van der Waals surface area contributed by atoms with E-state index in [9.17, 15) is 0 Å². The van der Waals surface area contributed by atoms with Gasteiger partial charge in [-0.3, -0.25) is 9.98 Å². The number of fused-ring (bicyclic) bond motifs is 5. The minimum absolute atomic E-state index is 0.537. The first-order valence-electron chi connectivity index (χ1n) is 17.8. The molecule has 0 saturated carbocycles. The van der Waals surface area contributed by atoms with E-state index in [1.165, 1.54) is 71.6 Å². The van der Waals surface area contributed by atoms with Crippen molar-refractivity contribution in [1.82, 2.24) is 0 Å². The van der Waals surface area contributed by atoms with E-state index < -0.39 is 0 Å². The Bertz CT molecular complexity index is 2660. The third-order valence-corrected chi connectivity index (χ3v) is 10.3. The Morgan fingerprint density at radius 2 is 1.15 bits per heavy atom. The Morgan fingerprint density at radius 3 is 1.88 bits per heavy atom. The monoisotopic (exact) mass is 664 g/mol. The van der Waals surface area contributed by atoms with E-state index in [2.05, 4.69) is 169 Å². The maximum absolute atomic E-state index is 5.32. The van der Waals surface area contributed by atoms with E-state index in [-0.39, 0.29) is 0 Å². The second-order valence-corrected chi connectivity index (χ2v) is 13.4. The molecule has 0 unspecified atom stereocenters. The van der Waals surface area contributed by atoms with Crippen LogP contribution in [0, 0.1) is 0 Å². The molecule has 0 saturated heterocycles. The minimum Gasteiger partial charge on any atom is -0.280 e. The first kappa shape index (κ1) is 31.3. The summed E-state index contributed by atoms with van der Waals surface area (Å²) in [5.74, 6) is 0. The molecule has 0 amide bonds. The van der Waals surface area contributed by atoms with E-state index in [1.807, 2.05) is 24.3 Å². The predicted octanol–water partition coefficient (Wildman–Crippen LogP) is 12.6. The first-order chi connectivity index (χ1) is 25.7. The number of rotatable bonds is 8. The summed E-state index contributed by atoms with van der Waals surface area (Å²) in [5, 5.41) is 5.06. The molecule has 52 heavy (non-hydrogen) atoms. The van der Waals surface area contributed by atoms with Crippen molar-refractivity contribution in [2.45, 2.75) is 13.0 Å². The highest BCUT2D eigenvalue weighted by molar-refractivity contribution is 6.12. The average molecular weight is 665 g/mol. The third-order valence-electron chi connectivity index (χ3n) is 10.3. The maximum Gasteiger partial charge on any atom is 0.0716 e. The highest BCUT2D eigenvalue weighted by Crippen LogP contribution is 2.46. The highest BCUT2D eigenvalue weighted by Gasteiger charge is 2.25. The van der Waals surface area contributed by atoms with Gasteiger partial charge < -0.3 is 0 Å². The molecule has 0 aromatic heterocycles. The van der Waals surface area contributed by atoms with Crippen LogP contribution in [-0.4, -0.2) is 12.4 Å². The topological polar surface area (TPSA) is 24.7 Å². The summed E-state index contributed by atoms with van der Waals surface area (Å²) < 4.78 is 0. The van der Waals surface area contributed by atoms with Crippen molar-refractivity contribution >= 4 is 39.7 Å². The van der Waals surface area contributed by atoms with Gasteiger partial charge in [-0.15, -0.1) is 0 Å². The summed E-state index contributed by atoms with van der Waals surface area (Å²) in [6, 6.07) is 62.9. The summed E-state index contributed by atoms with van der Waals surface area (Å²) in [6.07, 6.45) is 2.95. The molecule has 0 aliphatic heterocycles. The first-order valence-corrected chi connectivity index (χ1v) is 17.8. The Kier molecular flexibility index (Phi) is 8.19. The number of hydrogen-bond acceptors (Lipinski definition) is 2. The lowest BCUT2D eigenvalue weighted by Crippen LogP contribution is -2.01. The standard InChI is InChI=1S/C50H36N2/c1-51-48(37-14-4-2-5-15-37)32-49(38-16-6-3-7-17-38)52-33-41-27-28-45(47-31-42-29-39-18-8-9-19-40(39)30-46(42)50(41)47)36-25-23-35(24-26-36)44-22-12-20-34-13-10-11-21-43(34)44/h2-30,32H,1,31,33H2/b48-32-,52-49+. The number of nitrogens with zero attached hydrogens (tertiary/aromatic N) is 2. The molecule has 0 radical (unpaired) electrons. The number of allylic oxidation sites excluding steroid dienone is 1. The molecule has 0 atom stereocenters. The fourth-order valence-corrected chi connectivity index (χ4v) is 7.74. The van der Waals surface area contributed by atoms with E-state index in [1.54, 1.807) is 0 Å². The number of benzene rings is 8. The van der Waals surface area contributed by atoms with Crippen molar-refractivity contribution in [3.8, 4) is 33.4 Å². The smallest absolute Gasteiger partial charge is 0.0716 e. The van der Waals surface area contributed by atoms with E-state index >= 15 is 0 Å². The van der Waals surface area contributed by atoms with Crippen LogP contribution in [0.15, 0.2) is 192 Å². The Labute approximate surface area is 304 Å². The molecule has 246 valence electrons. The Morgan fingerprint density at radius 1 is 0.538 bits per heavy atom. The molecule has 8 aromatic carbocycles. The van der Waals surface area contributed by atoms with Crippen molar-refractivity contribution in [2.24, 2.45) is 9.98 Å². The molecular formula is C50H36N2. The van der Waals surface area contributed by atoms with Crippen LogP contribution in [0.4, 0.5) is 0 Å². The van der Waals surface area contributed by atoms with Gasteiger partial charge in [-0.1, -0.05) is 170 Å². The van der Waals surface area contributed by atoms with E-state index in [0.717, 1.165) is 29.0 Å². The highest BCUT2D eigenvalue weighted by atomic mass is 14.8. The van der Waals surface area contributed by atoms with Gasteiger partial charge in [0, 0.05) is 5.56 Å². The van der Waals surface area contributed by atoms with Crippen LogP contribution < -0.4 is 0 Å². The molecule has 0 bridgehead atoms. The quantitative estimate of drug-likeness (QED) is 0.144. The van der Waals surface area contributed by atoms with Gasteiger partial charge in [0.2, 0.25) is 0 Å². The maximum atomic E-state index is 5.32. The van der Waals surface area contributed by atoms with Crippen molar-refractivity contribution in [1.29, 1.82) is 0 Å². The molecule has 1 aliphatic carbocycles. The van der Waals surface area contributed by atoms with Crippen molar-refractivity contribution in [2.75, 3.05) is 0 Å². The predicted molar refractivity (Wildman–Crippen MR) is 221 cm³/mol. The molecule has 2 heteroatoms. The normalized spacial score (nSPS) is 12.5. The summed E-state index contributed by atoms with van der Waals surface area (Å²) in [5.41, 5.74) is 15.3. The van der Waals surface area contributed by atoms with Gasteiger partial charge in [0.05, 0.1) is 18.0 Å². The molecule has 1 aliphatic rings. The van der Waals surface area contributed by atoms with Gasteiger partial charge in [-0.2, -0.15) is 0 Å². The summed E-state index contributed by atoms with van der Waals surface area (Å²) in [7, 11) is 0. The van der Waals surface area contributed by atoms with Crippen molar-refractivity contribution < 1.29 is 0 Å². The van der Waals surface area contributed by atoms with E-state index in [4.69, 9.17) is 4.99 Å². The lowest BCUT2D eigenvalue weighted by molar-refractivity contribution is 1.07. The molecule has 8 aromatic rings. The van der Waals surface area contributed by atoms with Gasteiger partial charge in [-0.05, 0) is 102 Å². The lowest BCUT2D eigenvalue weighted by atomic mass is 9.90. The number of aliphatic imine (C=N–C) groups is 2. The summed E-state index contributed by atoms with van der Waals surface area (Å²) in [4.78, 5) is 9.73. The van der Waals surface area contributed by atoms with Gasteiger partial charge in [-0.25, -0.2) is 0 Å². The largest absolute Gasteiger partial charge is 0.280 e. The van der Waals surface area contributed by atoms with Crippen LogP contribution in [0.3, 0.4) is 0 Å². The van der Waals surface area contributed by atoms with Crippen LogP contribution in [0.5, 0.6) is 0 Å². The zero-order valence-corrected chi connectivity index (χ0v) is 28.8. The van der Waals surface area contributed by atoms with Crippen LogP contribution in [0.25, 0.3) is 60.6 Å². The number of hydrogen-bond donors (Lipinski definition) is 0. The van der Waals surface area contributed by atoms with Gasteiger partial charge >= 0.3 is 0 Å². The van der Waals surface area contributed by atoms with Crippen LogP contribution in [0.2, 0.25) is 0 Å². The summed E-state index contributed by atoms with van der Waals surface area (Å²) in [6.45, 7) is 4.44. The Balaban J connectivity index is 1.16. The van der Waals surface area contributed by atoms with Crippen molar-refractivity contribution in [3.05, 3.63) is 210 Å². The summed E-state index contributed by atoms with van der Waals surface area (Å²) >= 11 is 0. The average Bonchev–Trinajstić information content (AvgIpc) is 3.59. The van der Waals surface area contributed by atoms with Crippen LogP contribution in [-0.2, 0) is 13.0 Å². The third kappa shape index (κ3) is 5.85. The van der Waals surface area contributed by atoms with E-state index in [0.29, 0.717) is 6.54 Å². The van der Waals surface area contributed by atoms with Crippen LogP contribution >= 0.6 is 0 Å². The molecule has 0 heterocycles. The zero-order valence-electron chi connectivity index (χ0n) is 28.8. The van der Waals surface area contributed by atoms with Gasteiger partial charge in [0.1, 0.15) is 0 Å². The van der Waals surface area contributed by atoms with Crippen LogP contribution in [0.1, 0.15) is 27.8 Å². The fraction of sp³-hybridized carbons (Fsp3) is 0.0400. The second kappa shape index (κ2) is 13.6. The Hall–Kier alpha value is -6.64. The molecule has 0 N–H and O–H groups in total. The molecule has 2 nitrogen and oxygen atoms in total. The molecule has 9 rings (SSSR count). The van der Waals surface area contributed by atoms with Crippen molar-refractivity contribution in [3.63, 3.8) is 0 Å². The fourth-order valence-electron chi connectivity index (χ4n) is 7.74. The lowest BCUT2D eigenvalue weighted by Gasteiger charge is -2.15. The molecular weight excluding hydrogens is 629 g/mol. The minimum atomic E-state index is 0.537.